The molecular weight excluding hydrogens is 286 g/mol. The summed E-state index contributed by atoms with van der Waals surface area (Å²) in [5.74, 6) is 0.712. The summed E-state index contributed by atoms with van der Waals surface area (Å²) in [4.78, 5) is 4.74. The average Bonchev–Trinajstić information content (AvgIpc) is 2.59. The van der Waals surface area contributed by atoms with Gasteiger partial charge in [-0.25, -0.2) is 18.5 Å². The van der Waals surface area contributed by atoms with Crippen LogP contribution >= 0.6 is 11.8 Å². The van der Waals surface area contributed by atoms with Gasteiger partial charge in [-0.1, -0.05) is 0 Å². The topological polar surface area (TPSA) is 112 Å². The molecule has 0 fully saturated rings. The molecule has 8 heteroatoms. The van der Waals surface area contributed by atoms with Crippen molar-refractivity contribution in [1.29, 1.82) is 0 Å². The Hall–Kier alpha value is -1.51. The molecule has 102 valence electrons. The van der Waals surface area contributed by atoms with Crippen molar-refractivity contribution in [3.05, 3.63) is 29.7 Å². The summed E-state index contributed by atoms with van der Waals surface area (Å²) >= 11 is 1.16. The highest BCUT2D eigenvalue weighted by atomic mass is 32.2. The molecular formula is C11H13N3O3S2. The van der Waals surface area contributed by atoms with Crippen LogP contribution in [0.5, 0.6) is 0 Å². The maximum Gasteiger partial charge on any atom is 0.261 e. The van der Waals surface area contributed by atoms with Gasteiger partial charge in [0.1, 0.15) is 5.76 Å². The molecule has 0 amide bonds. The first-order valence-electron chi connectivity index (χ1n) is 5.31. The Balaban J connectivity index is 2.39. The quantitative estimate of drug-likeness (QED) is 0.834. The molecule has 0 aliphatic carbocycles. The summed E-state index contributed by atoms with van der Waals surface area (Å²) < 4.78 is 28.0. The predicted molar refractivity (Wildman–Crippen MR) is 72.3 cm³/mol. The van der Waals surface area contributed by atoms with Crippen LogP contribution in [-0.4, -0.2) is 13.4 Å². The number of oxazole rings is 1. The van der Waals surface area contributed by atoms with Gasteiger partial charge >= 0.3 is 0 Å². The second-order valence-electron chi connectivity index (χ2n) is 3.97. The molecule has 0 unspecified atom stereocenters. The summed E-state index contributed by atoms with van der Waals surface area (Å²) in [5, 5.41) is 5.49. The number of sulfonamides is 1. The fraction of sp³-hybridized carbons (Fsp3) is 0.182. The van der Waals surface area contributed by atoms with Crippen molar-refractivity contribution in [2.24, 2.45) is 5.14 Å². The smallest absolute Gasteiger partial charge is 0.261 e. The van der Waals surface area contributed by atoms with Gasteiger partial charge in [0.25, 0.3) is 5.22 Å². The number of aryl methyl sites for hydroxylation is 2. The maximum atomic E-state index is 11.3. The third-order valence-corrected chi connectivity index (χ3v) is 4.35. The Morgan fingerprint density at radius 3 is 2.53 bits per heavy atom. The second-order valence-corrected chi connectivity index (χ2v) is 6.52. The monoisotopic (exact) mass is 299 g/mol. The van der Waals surface area contributed by atoms with Gasteiger partial charge in [-0.15, -0.1) is 0 Å². The largest absolute Gasteiger partial charge is 0.436 e. The Morgan fingerprint density at radius 2 is 2.00 bits per heavy atom. The third kappa shape index (κ3) is 3.09. The lowest BCUT2D eigenvalue weighted by atomic mass is 10.3. The minimum absolute atomic E-state index is 0.00389. The number of anilines is 1. The number of hydrogen-bond acceptors (Lipinski definition) is 6. The van der Waals surface area contributed by atoms with Gasteiger partial charge in [0.05, 0.1) is 10.6 Å². The molecule has 0 spiro atoms. The number of primary sulfonamides is 1. The summed E-state index contributed by atoms with van der Waals surface area (Å²) in [6.45, 7) is 3.63. The summed E-state index contributed by atoms with van der Waals surface area (Å²) in [6, 6.07) is 4.26. The van der Waals surface area contributed by atoms with Crippen LogP contribution in [0.25, 0.3) is 0 Å². The number of aromatic nitrogens is 1. The molecule has 0 bridgehead atoms. The van der Waals surface area contributed by atoms with Gasteiger partial charge in [-0.05, 0) is 43.8 Å². The highest BCUT2D eigenvalue weighted by Crippen LogP contribution is 2.33. The third-order valence-electron chi connectivity index (χ3n) is 2.52. The molecule has 4 N–H and O–H groups in total. The number of rotatable bonds is 3. The zero-order valence-corrected chi connectivity index (χ0v) is 12.0. The van der Waals surface area contributed by atoms with Crippen molar-refractivity contribution in [1.82, 2.24) is 4.98 Å². The summed E-state index contributed by atoms with van der Waals surface area (Å²) in [6.07, 6.45) is 0. The molecule has 1 heterocycles. The van der Waals surface area contributed by atoms with Crippen LogP contribution in [0, 0.1) is 13.8 Å². The zero-order valence-electron chi connectivity index (χ0n) is 10.4. The maximum absolute atomic E-state index is 11.3. The highest BCUT2D eigenvalue weighted by Gasteiger charge is 2.14. The van der Waals surface area contributed by atoms with E-state index in [0.717, 1.165) is 17.5 Å². The summed E-state index contributed by atoms with van der Waals surface area (Å²) in [7, 11) is -3.76. The SMILES string of the molecule is Cc1nc(Sc2cc(S(N)(=O)=O)ccc2N)oc1C. The van der Waals surface area contributed by atoms with E-state index in [4.69, 9.17) is 15.3 Å². The van der Waals surface area contributed by atoms with E-state index < -0.39 is 10.0 Å². The van der Waals surface area contributed by atoms with E-state index in [2.05, 4.69) is 4.98 Å². The molecule has 19 heavy (non-hydrogen) atoms. The summed E-state index contributed by atoms with van der Waals surface area (Å²) in [5.41, 5.74) is 7.02. The van der Waals surface area contributed by atoms with E-state index in [0.29, 0.717) is 21.6 Å². The van der Waals surface area contributed by atoms with Gasteiger partial charge in [-0.3, -0.25) is 0 Å². The number of nitrogens with zero attached hydrogens (tertiary/aromatic N) is 1. The average molecular weight is 299 g/mol. The van der Waals surface area contributed by atoms with Gasteiger partial charge in [0.15, 0.2) is 0 Å². The van der Waals surface area contributed by atoms with Gasteiger partial charge in [0, 0.05) is 10.6 Å². The standard InChI is InChI=1S/C11H13N3O3S2/c1-6-7(2)17-11(14-6)18-10-5-8(19(13,15)16)3-4-9(10)12/h3-5H,12H2,1-2H3,(H2,13,15,16). The van der Waals surface area contributed by atoms with Gasteiger partial charge < -0.3 is 10.2 Å². The minimum atomic E-state index is -3.76. The second kappa shape index (κ2) is 4.87. The molecule has 0 saturated carbocycles. The molecule has 2 aromatic rings. The Morgan fingerprint density at radius 1 is 1.32 bits per heavy atom. The first-order valence-corrected chi connectivity index (χ1v) is 7.68. The van der Waals surface area contributed by atoms with E-state index in [9.17, 15) is 8.42 Å². The molecule has 0 aliphatic heterocycles. The Labute approximate surface area is 115 Å². The van der Waals surface area contributed by atoms with Crippen molar-refractivity contribution >= 4 is 27.5 Å². The lowest BCUT2D eigenvalue weighted by Gasteiger charge is -2.05. The van der Waals surface area contributed by atoms with E-state index in [1.807, 2.05) is 6.92 Å². The normalized spacial score (nSPS) is 11.7. The lowest BCUT2D eigenvalue weighted by molar-refractivity contribution is 0.431. The van der Waals surface area contributed by atoms with Crippen LogP contribution in [0.4, 0.5) is 5.69 Å². The van der Waals surface area contributed by atoms with Crippen LogP contribution in [0.2, 0.25) is 0 Å². The van der Waals surface area contributed by atoms with Gasteiger partial charge in [-0.2, -0.15) is 0 Å². The number of nitrogen functional groups attached to an aromatic ring is 1. The molecule has 2 rings (SSSR count). The molecule has 0 saturated heterocycles. The Kier molecular flexibility index (Phi) is 3.57. The molecule has 1 aromatic carbocycles. The predicted octanol–water partition coefficient (Wildman–Crippen LogP) is 1.67. The molecule has 0 atom stereocenters. The number of benzene rings is 1. The van der Waals surface area contributed by atoms with Crippen molar-refractivity contribution < 1.29 is 12.8 Å². The molecule has 1 aromatic heterocycles. The first kappa shape index (κ1) is 13.9. The van der Waals surface area contributed by atoms with Crippen molar-refractivity contribution in [2.75, 3.05) is 5.73 Å². The molecule has 0 aliphatic rings. The fourth-order valence-corrected chi connectivity index (χ4v) is 2.88. The van der Waals surface area contributed by atoms with Crippen LogP contribution in [0.15, 0.2) is 37.6 Å². The number of hydrogen-bond donors (Lipinski definition) is 2. The first-order chi connectivity index (χ1) is 8.77. The van der Waals surface area contributed by atoms with Crippen LogP contribution in [0.3, 0.4) is 0 Å². The van der Waals surface area contributed by atoms with Crippen LogP contribution in [0.1, 0.15) is 11.5 Å². The van der Waals surface area contributed by atoms with Crippen LogP contribution in [-0.2, 0) is 10.0 Å². The highest BCUT2D eigenvalue weighted by molar-refractivity contribution is 7.99. The van der Waals surface area contributed by atoms with E-state index in [1.54, 1.807) is 6.92 Å². The number of nitrogens with two attached hydrogens (primary N) is 2. The lowest BCUT2D eigenvalue weighted by Crippen LogP contribution is -2.12. The molecule has 0 radical (unpaired) electrons. The van der Waals surface area contributed by atoms with Crippen molar-refractivity contribution in [3.63, 3.8) is 0 Å². The minimum Gasteiger partial charge on any atom is -0.436 e. The van der Waals surface area contributed by atoms with E-state index in [-0.39, 0.29) is 4.90 Å². The van der Waals surface area contributed by atoms with Gasteiger partial charge in [0.2, 0.25) is 10.0 Å². The van der Waals surface area contributed by atoms with Crippen molar-refractivity contribution in [3.8, 4) is 0 Å². The Bertz CT molecular complexity index is 703. The fourth-order valence-electron chi connectivity index (χ4n) is 1.36. The van der Waals surface area contributed by atoms with Crippen LogP contribution < -0.4 is 10.9 Å². The van der Waals surface area contributed by atoms with E-state index in [1.165, 1.54) is 18.2 Å². The zero-order chi connectivity index (χ0) is 14.2. The van der Waals surface area contributed by atoms with Crippen molar-refractivity contribution in [2.45, 2.75) is 28.9 Å². The van der Waals surface area contributed by atoms with E-state index >= 15 is 0 Å². The molecule has 6 nitrogen and oxygen atoms in total.